The molecule has 0 unspecified atom stereocenters. The number of nitro groups is 1. The van der Waals surface area contributed by atoms with E-state index in [-0.39, 0.29) is 41.7 Å². The zero-order valence-corrected chi connectivity index (χ0v) is 19.6. The van der Waals surface area contributed by atoms with Gasteiger partial charge in [-0.1, -0.05) is 6.07 Å². The molecule has 1 aromatic heterocycles. The van der Waals surface area contributed by atoms with E-state index in [4.69, 9.17) is 14.2 Å². The molecule has 4 rings (SSSR count). The molecule has 182 valence electrons. The quantitative estimate of drug-likeness (QED) is 0.223. The molecule has 0 spiro atoms. The number of aryl methyl sites for hydroxylation is 2. The monoisotopic (exact) mass is 486 g/mol. The fourth-order valence-electron chi connectivity index (χ4n) is 3.76. The summed E-state index contributed by atoms with van der Waals surface area (Å²) >= 11 is 0. The molecule has 1 aliphatic heterocycles. The van der Waals surface area contributed by atoms with Crippen LogP contribution in [0.25, 0.3) is 6.08 Å². The number of benzene rings is 2. The summed E-state index contributed by atoms with van der Waals surface area (Å²) < 4.78 is 16.8. The summed E-state index contributed by atoms with van der Waals surface area (Å²) in [5, 5.41) is 23.6. The molecule has 0 bridgehead atoms. The summed E-state index contributed by atoms with van der Waals surface area (Å²) in [5.41, 5.74) is 2.34. The van der Waals surface area contributed by atoms with E-state index >= 15 is 0 Å². The van der Waals surface area contributed by atoms with Crippen molar-refractivity contribution < 1.29 is 23.9 Å². The largest absolute Gasteiger partial charge is 0.487 e. The highest BCUT2D eigenvalue weighted by atomic mass is 16.6. The summed E-state index contributed by atoms with van der Waals surface area (Å²) in [6.07, 6.45) is 3.11. The van der Waals surface area contributed by atoms with Crippen molar-refractivity contribution >= 4 is 23.4 Å². The third-order valence-electron chi connectivity index (χ3n) is 5.35. The van der Waals surface area contributed by atoms with Crippen molar-refractivity contribution in [1.29, 1.82) is 5.26 Å². The van der Waals surface area contributed by atoms with Crippen LogP contribution in [-0.4, -0.2) is 29.0 Å². The zero-order chi connectivity index (χ0) is 25.7. The number of anilines is 1. The lowest BCUT2D eigenvalue weighted by Gasteiger charge is -2.19. The molecule has 2 heterocycles. The molecular weight excluding hydrogens is 464 g/mol. The van der Waals surface area contributed by atoms with Crippen molar-refractivity contribution in [1.82, 2.24) is 4.98 Å². The third kappa shape index (κ3) is 5.42. The predicted molar refractivity (Wildman–Crippen MR) is 131 cm³/mol. The van der Waals surface area contributed by atoms with Gasteiger partial charge in [-0.15, -0.1) is 0 Å². The molecule has 0 saturated heterocycles. The minimum Gasteiger partial charge on any atom is -0.487 e. The van der Waals surface area contributed by atoms with Gasteiger partial charge in [0.25, 0.3) is 11.6 Å². The number of aromatic nitrogens is 1. The first-order valence-corrected chi connectivity index (χ1v) is 11.0. The second-order valence-corrected chi connectivity index (χ2v) is 7.99. The number of hydrogen-bond acceptors (Lipinski definition) is 8. The van der Waals surface area contributed by atoms with E-state index in [1.54, 1.807) is 18.3 Å². The molecule has 36 heavy (non-hydrogen) atoms. The number of ether oxygens (including phenoxy) is 3. The molecule has 0 aliphatic carbocycles. The predicted octanol–water partition coefficient (Wildman–Crippen LogP) is 4.50. The summed E-state index contributed by atoms with van der Waals surface area (Å²) in [6.45, 7) is 4.58. The Kier molecular flexibility index (Phi) is 7.11. The molecule has 1 N–H and O–H groups in total. The molecule has 10 nitrogen and oxygen atoms in total. The average molecular weight is 486 g/mol. The van der Waals surface area contributed by atoms with E-state index in [0.717, 1.165) is 16.8 Å². The highest BCUT2D eigenvalue weighted by Crippen LogP contribution is 2.39. The third-order valence-corrected chi connectivity index (χ3v) is 5.35. The van der Waals surface area contributed by atoms with Crippen LogP contribution >= 0.6 is 0 Å². The van der Waals surface area contributed by atoms with E-state index in [1.165, 1.54) is 18.2 Å². The van der Waals surface area contributed by atoms with Crippen LogP contribution in [0.2, 0.25) is 0 Å². The molecule has 0 radical (unpaired) electrons. The minimum atomic E-state index is -0.789. The van der Waals surface area contributed by atoms with Gasteiger partial charge in [0, 0.05) is 12.3 Å². The van der Waals surface area contributed by atoms with E-state index in [1.807, 2.05) is 38.1 Å². The van der Waals surface area contributed by atoms with Gasteiger partial charge >= 0.3 is 0 Å². The van der Waals surface area contributed by atoms with Gasteiger partial charge in [-0.2, -0.15) is 5.26 Å². The van der Waals surface area contributed by atoms with Gasteiger partial charge in [-0.05, 0) is 60.9 Å². The summed E-state index contributed by atoms with van der Waals surface area (Å²) in [4.78, 5) is 28.0. The average Bonchev–Trinajstić information content (AvgIpc) is 2.86. The smallest absolute Gasteiger partial charge is 0.296 e. The molecule has 1 amide bonds. The number of hydrogen-bond donors (Lipinski definition) is 1. The molecular formula is C26H22N4O6. The van der Waals surface area contributed by atoms with Crippen LogP contribution in [0.15, 0.2) is 54.2 Å². The number of nitrogens with zero attached hydrogens (tertiary/aromatic N) is 3. The number of rotatable bonds is 7. The molecule has 10 heteroatoms. The highest BCUT2D eigenvalue weighted by Gasteiger charge is 2.24. The molecule has 1 aliphatic rings. The number of nitro benzene ring substituents is 1. The molecule has 0 saturated carbocycles. The molecule has 2 aromatic carbocycles. The lowest BCUT2D eigenvalue weighted by molar-refractivity contribution is -0.384. The number of carbonyl (C=O) groups is 1. The van der Waals surface area contributed by atoms with Gasteiger partial charge in [0.05, 0.1) is 16.7 Å². The Morgan fingerprint density at radius 1 is 1.19 bits per heavy atom. The van der Waals surface area contributed by atoms with Gasteiger partial charge < -0.3 is 19.5 Å². The van der Waals surface area contributed by atoms with Gasteiger partial charge in [0.2, 0.25) is 0 Å². The van der Waals surface area contributed by atoms with Crippen molar-refractivity contribution in [2.24, 2.45) is 0 Å². The Labute approximate surface area is 206 Å². The first kappa shape index (κ1) is 24.2. The first-order valence-electron chi connectivity index (χ1n) is 11.0. The van der Waals surface area contributed by atoms with E-state index < -0.39 is 10.8 Å². The SMILES string of the molecule is Cc1cc(/C=C(\C#N)C(=O)Nc2cc3c(cc2[N+](=O)[O-])OCCO3)cc(C)c1OCc1ccccn1. The van der Waals surface area contributed by atoms with E-state index in [9.17, 15) is 20.2 Å². The molecule has 0 atom stereocenters. The Morgan fingerprint density at radius 2 is 1.89 bits per heavy atom. The number of nitrogens with one attached hydrogen (secondary N) is 1. The van der Waals surface area contributed by atoms with Crippen LogP contribution in [0.1, 0.15) is 22.4 Å². The Balaban J connectivity index is 1.56. The van der Waals surface area contributed by atoms with Crippen molar-refractivity contribution in [3.8, 4) is 23.3 Å². The van der Waals surface area contributed by atoms with Crippen LogP contribution in [-0.2, 0) is 11.4 Å². The van der Waals surface area contributed by atoms with Crippen LogP contribution in [0.4, 0.5) is 11.4 Å². The second-order valence-electron chi connectivity index (χ2n) is 7.99. The van der Waals surface area contributed by atoms with Crippen molar-refractivity contribution in [2.75, 3.05) is 18.5 Å². The zero-order valence-electron chi connectivity index (χ0n) is 19.6. The van der Waals surface area contributed by atoms with Crippen LogP contribution in [0.5, 0.6) is 17.2 Å². The van der Waals surface area contributed by atoms with Gasteiger partial charge in [-0.25, -0.2) is 0 Å². The van der Waals surface area contributed by atoms with Gasteiger partial charge in [0.1, 0.15) is 42.9 Å². The summed E-state index contributed by atoms with van der Waals surface area (Å²) in [7, 11) is 0. The van der Waals surface area contributed by atoms with Gasteiger partial charge in [-0.3, -0.25) is 19.9 Å². The molecule has 3 aromatic rings. The number of carbonyl (C=O) groups excluding carboxylic acids is 1. The number of nitriles is 1. The van der Waals surface area contributed by atoms with Gasteiger partial charge in [0.15, 0.2) is 11.5 Å². The Bertz CT molecular complexity index is 1370. The number of amides is 1. The maximum atomic E-state index is 12.9. The number of fused-ring (bicyclic) bond motifs is 1. The minimum absolute atomic E-state index is 0.0963. The van der Waals surface area contributed by atoms with Crippen LogP contribution in [0.3, 0.4) is 0 Å². The molecule has 0 fully saturated rings. The fourth-order valence-corrected chi connectivity index (χ4v) is 3.76. The van der Waals surface area contributed by atoms with Crippen LogP contribution < -0.4 is 19.5 Å². The topological polar surface area (TPSA) is 137 Å². The first-order chi connectivity index (χ1) is 17.4. The fraction of sp³-hybridized carbons (Fsp3) is 0.192. The maximum absolute atomic E-state index is 12.9. The summed E-state index contributed by atoms with van der Waals surface area (Å²) in [5.74, 6) is 0.395. The highest BCUT2D eigenvalue weighted by molar-refractivity contribution is 6.10. The standard InChI is InChI=1S/C26H22N4O6/c1-16-9-18(10-17(2)25(16)36-15-20-5-3-4-6-28-20)11-19(14-27)26(31)29-21-12-23-24(35-8-7-34-23)13-22(21)30(32)33/h3-6,9-13H,7-8,15H2,1-2H3,(H,29,31)/b19-11+. The second kappa shape index (κ2) is 10.6. The number of pyridine rings is 1. The van der Waals surface area contributed by atoms with E-state index in [2.05, 4.69) is 10.3 Å². The lowest BCUT2D eigenvalue weighted by atomic mass is 10.0. The lowest BCUT2D eigenvalue weighted by Crippen LogP contribution is -2.18. The van der Waals surface area contributed by atoms with Crippen molar-refractivity contribution in [3.63, 3.8) is 0 Å². The van der Waals surface area contributed by atoms with Crippen molar-refractivity contribution in [2.45, 2.75) is 20.5 Å². The summed E-state index contributed by atoms with van der Waals surface area (Å²) in [6, 6.07) is 13.5. The van der Waals surface area contributed by atoms with E-state index in [0.29, 0.717) is 17.9 Å². The van der Waals surface area contributed by atoms with Crippen LogP contribution in [0, 0.1) is 35.3 Å². The Morgan fingerprint density at radius 3 is 2.50 bits per heavy atom. The van der Waals surface area contributed by atoms with Crippen molar-refractivity contribution in [3.05, 3.63) is 86.7 Å². The Hall–Kier alpha value is -4.91. The normalized spacial score (nSPS) is 12.4. The maximum Gasteiger partial charge on any atom is 0.296 e.